The largest absolute Gasteiger partial charge is 0.496 e. The molecule has 6 heteroatoms. The maximum atomic E-state index is 12.6. The topological polar surface area (TPSA) is 70.7 Å². The van der Waals surface area contributed by atoms with Crippen LogP contribution in [0.4, 0.5) is 10.5 Å². The van der Waals surface area contributed by atoms with Crippen LogP contribution in [0, 0.1) is 5.92 Å². The number of hydrogen-bond donors (Lipinski definition) is 2. The number of benzene rings is 2. The molecule has 148 valence electrons. The van der Waals surface area contributed by atoms with Crippen molar-refractivity contribution in [2.45, 2.75) is 19.3 Å². The van der Waals surface area contributed by atoms with Crippen molar-refractivity contribution < 1.29 is 14.3 Å². The van der Waals surface area contributed by atoms with Gasteiger partial charge in [-0.15, -0.1) is 0 Å². The number of amides is 3. The van der Waals surface area contributed by atoms with E-state index in [1.54, 1.807) is 25.2 Å². The van der Waals surface area contributed by atoms with Gasteiger partial charge >= 0.3 is 6.03 Å². The average molecular weight is 381 g/mol. The Kier molecular flexibility index (Phi) is 6.53. The molecule has 2 aromatic rings. The summed E-state index contributed by atoms with van der Waals surface area (Å²) < 4.78 is 5.22. The van der Waals surface area contributed by atoms with Gasteiger partial charge in [-0.2, -0.15) is 0 Å². The van der Waals surface area contributed by atoms with Gasteiger partial charge in [0.1, 0.15) is 5.75 Å². The van der Waals surface area contributed by atoms with E-state index >= 15 is 0 Å². The molecule has 2 N–H and O–H groups in total. The molecule has 6 nitrogen and oxygen atoms in total. The molecule has 3 rings (SSSR count). The summed E-state index contributed by atoms with van der Waals surface area (Å²) in [6.07, 6.45) is 3.05. The summed E-state index contributed by atoms with van der Waals surface area (Å²) in [6, 6.07) is 15.4. The van der Waals surface area contributed by atoms with E-state index in [1.807, 2.05) is 11.0 Å². The molecule has 3 amide bonds. The quantitative estimate of drug-likeness (QED) is 0.832. The lowest BCUT2D eigenvalue weighted by Gasteiger charge is -2.32. The maximum absolute atomic E-state index is 12.6. The van der Waals surface area contributed by atoms with Crippen molar-refractivity contribution >= 4 is 17.6 Å². The average Bonchev–Trinajstić information content (AvgIpc) is 2.74. The molecule has 0 bridgehead atoms. The summed E-state index contributed by atoms with van der Waals surface area (Å²) in [5.41, 5.74) is 2.32. The molecule has 0 atom stereocenters. The van der Waals surface area contributed by atoms with Gasteiger partial charge in [0.2, 0.25) is 0 Å². The van der Waals surface area contributed by atoms with Gasteiger partial charge in [0, 0.05) is 25.8 Å². The van der Waals surface area contributed by atoms with Crippen LogP contribution in [-0.2, 0) is 6.42 Å². The molecular formula is C22H27N3O3. The smallest absolute Gasteiger partial charge is 0.321 e. The van der Waals surface area contributed by atoms with E-state index in [2.05, 4.69) is 34.9 Å². The third kappa shape index (κ3) is 4.82. The van der Waals surface area contributed by atoms with E-state index in [0.717, 1.165) is 32.4 Å². The van der Waals surface area contributed by atoms with E-state index in [-0.39, 0.29) is 11.9 Å². The van der Waals surface area contributed by atoms with Crippen molar-refractivity contribution in [1.29, 1.82) is 0 Å². The Morgan fingerprint density at radius 2 is 1.82 bits per heavy atom. The van der Waals surface area contributed by atoms with Gasteiger partial charge in [-0.1, -0.05) is 30.3 Å². The number of rotatable bonds is 5. The third-order valence-electron chi connectivity index (χ3n) is 5.19. The highest BCUT2D eigenvalue weighted by atomic mass is 16.5. The minimum atomic E-state index is -0.255. The predicted octanol–water partition coefficient (Wildman–Crippen LogP) is 3.54. The summed E-state index contributed by atoms with van der Waals surface area (Å²) >= 11 is 0. The number of carbonyl (C=O) groups is 2. The highest BCUT2D eigenvalue weighted by molar-refractivity contribution is 5.99. The highest BCUT2D eigenvalue weighted by Crippen LogP contribution is 2.25. The number of nitrogens with zero attached hydrogens (tertiary/aromatic N) is 1. The second-order valence-corrected chi connectivity index (χ2v) is 7.04. The second-order valence-electron chi connectivity index (χ2n) is 7.04. The molecule has 2 aromatic carbocycles. The zero-order valence-electron chi connectivity index (χ0n) is 16.4. The minimum Gasteiger partial charge on any atom is -0.496 e. The van der Waals surface area contributed by atoms with Gasteiger partial charge in [-0.25, -0.2) is 4.79 Å². The Morgan fingerprint density at radius 3 is 2.46 bits per heavy atom. The number of anilines is 1. The fourth-order valence-electron chi connectivity index (χ4n) is 3.59. The van der Waals surface area contributed by atoms with E-state index < -0.39 is 0 Å². The van der Waals surface area contributed by atoms with Crippen molar-refractivity contribution in [3.05, 3.63) is 59.7 Å². The van der Waals surface area contributed by atoms with Crippen molar-refractivity contribution in [2.24, 2.45) is 5.92 Å². The van der Waals surface area contributed by atoms with Crippen LogP contribution in [0.15, 0.2) is 48.5 Å². The Labute approximate surface area is 165 Å². The van der Waals surface area contributed by atoms with Crippen molar-refractivity contribution in [3.63, 3.8) is 0 Å². The normalized spacial score (nSPS) is 14.4. The Morgan fingerprint density at radius 1 is 1.11 bits per heavy atom. The molecule has 1 aliphatic heterocycles. The number of ether oxygens (including phenoxy) is 1. The molecule has 0 spiro atoms. The predicted molar refractivity (Wildman–Crippen MR) is 110 cm³/mol. The molecule has 1 aliphatic rings. The Hall–Kier alpha value is -3.02. The fraction of sp³-hybridized carbons (Fsp3) is 0.364. The van der Waals surface area contributed by atoms with E-state index in [9.17, 15) is 9.59 Å². The Balaban J connectivity index is 1.56. The highest BCUT2D eigenvalue weighted by Gasteiger charge is 2.23. The first-order chi connectivity index (χ1) is 13.6. The lowest BCUT2D eigenvalue weighted by molar-refractivity contribution is 0.0960. The molecule has 0 saturated carbocycles. The summed E-state index contributed by atoms with van der Waals surface area (Å²) in [6.45, 7) is 1.48. The number of hydrogen-bond acceptors (Lipinski definition) is 3. The molecule has 28 heavy (non-hydrogen) atoms. The lowest BCUT2D eigenvalue weighted by atomic mass is 9.90. The van der Waals surface area contributed by atoms with Crippen molar-refractivity contribution in [3.8, 4) is 5.75 Å². The van der Waals surface area contributed by atoms with Crippen LogP contribution < -0.4 is 15.4 Å². The maximum Gasteiger partial charge on any atom is 0.321 e. The van der Waals surface area contributed by atoms with Crippen molar-refractivity contribution in [1.82, 2.24) is 10.2 Å². The zero-order chi connectivity index (χ0) is 19.9. The van der Waals surface area contributed by atoms with Crippen LogP contribution in [0.25, 0.3) is 0 Å². The fourth-order valence-corrected chi connectivity index (χ4v) is 3.59. The first kappa shape index (κ1) is 19.7. The Bertz CT molecular complexity index is 815. The molecule has 0 radical (unpaired) electrons. The van der Waals surface area contributed by atoms with Gasteiger partial charge in [0.15, 0.2) is 0 Å². The zero-order valence-corrected chi connectivity index (χ0v) is 16.4. The summed E-state index contributed by atoms with van der Waals surface area (Å²) in [7, 11) is 3.08. The van der Waals surface area contributed by atoms with Gasteiger partial charge in [-0.3, -0.25) is 4.79 Å². The number of urea groups is 1. The summed E-state index contributed by atoms with van der Waals surface area (Å²) in [5, 5.41) is 5.48. The molecule has 0 unspecified atom stereocenters. The van der Waals surface area contributed by atoms with Gasteiger partial charge in [0.25, 0.3) is 5.91 Å². The number of carbonyl (C=O) groups excluding carboxylic acids is 2. The summed E-state index contributed by atoms with van der Waals surface area (Å²) in [4.78, 5) is 26.5. The molecule has 1 saturated heterocycles. The molecule has 1 heterocycles. The number of nitrogens with one attached hydrogen (secondary N) is 2. The molecular weight excluding hydrogens is 354 g/mol. The SMILES string of the molecule is CNC(=O)c1cc(NC(=O)N2CCC(Cc3ccccc3)CC2)ccc1OC. The molecule has 0 aromatic heterocycles. The number of methoxy groups -OCH3 is 1. The minimum absolute atomic E-state index is 0.133. The molecule has 1 fully saturated rings. The number of piperidine rings is 1. The van der Waals surface area contributed by atoms with Crippen LogP contribution in [0.3, 0.4) is 0 Å². The van der Waals surface area contributed by atoms with Gasteiger partial charge in [0.05, 0.1) is 12.7 Å². The van der Waals surface area contributed by atoms with Crippen LogP contribution in [-0.4, -0.2) is 44.1 Å². The number of likely N-dealkylation sites (tertiary alicyclic amines) is 1. The standard InChI is InChI=1S/C22H27N3O3/c1-23-21(26)19-15-18(8-9-20(19)28-2)24-22(27)25-12-10-17(11-13-25)14-16-6-4-3-5-7-16/h3-9,15,17H,10-14H2,1-2H3,(H,23,26)(H,24,27). The van der Waals surface area contributed by atoms with Gasteiger partial charge in [-0.05, 0) is 48.9 Å². The van der Waals surface area contributed by atoms with Crippen LogP contribution in [0.1, 0.15) is 28.8 Å². The summed E-state index contributed by atoms with van der Waals surface area (Å²) in [5.74, 6) is 0.820. The lowest BCUT2D eigenvalue weighted by Crippen LogP contribution is -2.41. The van der Waals surface area contributed by atoms with Crippen LogP contribution in [0.2, 0.25) is 0 Å². The molecule has 0 aliphatic carbocycles. The van der Waals surface area contributed by atoms with E-state index in [4.69, 9.17) is 4.74 Å². The third-order valence-corrected chi connectivity index (χ3v) is 5.19. The van der Waals surface area contributed by atoms with Crippen LogP contribution in [0.5, 0.6) is 5.75 Å². The van der Waals surface area contributed by atoms with Crippen LogP contribution >= 0.6 is 0 Å². The first-order valence-electron chi connectivity index (χ1n) is 9.60. The first-order valence-corrected chi connectivity index (χ1v) is 9.60. The second kappa shape index (κ2) is 9.26. The monoisotopic (exact) mass is 381 g/mol. The van der Waals surface area contributed by atoms with Gasteiger partial charge < -0.3 is 20.3 Å². The van der Waals surface area contributed by atoms with Crippen molar-refractivity contribution in [2.75, 3.05) is 32.6 Å². The van der Waals surface area contributed by atoms with E-state index in [0.29, 0.717) is 22.9 Å². The van der Waals surface area contributed by atoms with E-state index in [1.165, 1.54) is 12.7 Å².